The summed E-state index contributed by atoms with van der Waals surface area (Å²) < 4.78 is 0. The molecule has 4 nitrogen and oxygen atoms in total. The molecular weight excluding hydrogens is 336 g/mol. The van der Waals surface area contributed by atoms with Gasteiger partial charge in [0.05, 0.1) is 16.9 Å². The molecule has 0 saturated carbocycles. The van der Waals surface area contributed by atoms with Gasteiger partial charge in [-0.2, -0.15) is 0 Å². The topological polar surface area (TPSA) is 62.0 Å². The molecule has 0 atom stereocenters. The Labute approximate surface area is 156 Å². The van der Waals surface area contributed by atoms with E-state index < -0.39 is 0 Å². The van der Waals surface area contributed by atoms with E-state index in [4.69, 9.17) is 0 Å². The number of nitrogens with zero attached hydrogens (tertiary/aromatic N) is 2. The summed E-state index contributed by atoms with van der Waals surface area (Å²) in [4.78, 5) is 21.2. The summed E-state index contributed by atoms with van der Waals surface area (Å²) in [6.45, 7) is 0. The van der Waals surface area contributed by atoms with E-state index in [0.29, 0.717) is 16.8 Å². The summed E-state index contributed by atoms with van der Waals surface area (Å²) in [7, 11) is 0. The van der Waals surface area contributed by atoms with Gasteiger partial charge in [-0.3, -0.25) is 14.8 Å². The summed E-state index contributed by atoms with van der Waals surface area (Å²) >= 11 is 0. The maximum atomic E-state index is 12.4. The lowest BCUT2D eigenvalue weighted by atomic mass is 10.1. The van der Waals surface area contributed by atoms with Gasteiger partial charge in [0.15, 0.2) is 5.78 Å². The lowest BCUT2D eigenvalue weighted by Gasteiger charge is -1.98. The summed E-state index contributed by atoms with van der Waals surface area (Å²) in [5.74, 6) is -0.247. The maximum absolute atomic E-state index is 12.4. The highest BCUT2D eigenvalue weighted by Crippen LogP contribution is 2.30. The zero-order chi connectivity index (χ0) is 18.6. The Morgan fingerprint density at radius 1 is 0.704 bits per heavy atom. The average molecular weight is 352 g/mol. The van der Waals surface area contributed by atoms with Crippen LogP contribution in [0.1, 0.15) is 21.5 Å². The number of aliphatic hydroxyl groups is 1. The Kier molecular flexibility index (Phi) is 4.45. The van der Waals surface area contributed by atoms with E-state index in [1.165, 1.54) is 6.21 Å². The predicted molar refractivity (Wildman–Crippen MR) is 109 cm³/mol. The number of hydrogen-bond acceptors (Lipinski definition) is 4. The van der Waals surface area contributed by atoms with E-state index in [1.54, 1.807) is 30.5 Å². The second kappa shape index (κ2) is 7.22. The van der Waals surface area contributed by atoms with Crippen molar-refractivity contribution in [2.75, 3.05) is 0 Å². The molecule has 0 aromatic heterocycles. The van der Waals surface area contributed by atoms with Crippen molar-refractivity contribution >= 4 is 35.3 Å². The first kappa shape index (κ1) is 16.7. The largest absolute Gasteiger partial charge is 0.506 e. The highest BCUT2D eigenvalue weighted by molar-refractivity contribution is 6.30. The molecule has 0 radical (unpaired) electrons. The van der Waals surface area contributed by atoms with Gasteiger partial charge in [0, 0.05) is 23.6 Å². The molecule has 3 aromatic carbocycles. The number of benzene rings is 3. The summed E-state index contributed by atoms with van der Waals surface area (Å²) in [5, 5.41) is 10.3. The Morgan fingerprint density at radius 2 is 1.33 bits per heavy atom. The zero-order valence-electron chi connectivity index (χ0n) is 14.4. The van der Waals surface area contributed by atoms with Crippen LogP contribution in [0.3, 0.4) is 0 Å². The van der Waals surface area contributed by atoms with Crippen LogP contribution < -0.4 is 0 Å². The van der Waals surface area contributed by atoms with Gasteiger partial charge >= 0.3 is 0 Å². The summed E-state index contributed by atoms with van der Waals surface area (Å²) in [6, 6.07) is 24.2. The number of hydrogen-bond donors (Lipinski definition) is 1. The molecule has 0 bridgehead atoms. The highest BCUT2D eigenvalue weighted by atomic mass is 16.3. The number of allylic oxidation sites excluding steroid dienone is 1. The minimum Gasteiger partial charge on any atom is -0.506 e. The van der Waals surface area contributed by atoms with Crippen molar-refractivity contribution in [1.82, 2.24) is 0 Å². The molecule has 1 N–H and O–H groups in total. The molecule has 3 aromatic rings. The third kappa shape index (κ3) is 3.46. The fourth-order valence-electron chi connectivity index (χ4n) is 2.89. The van der Waals surface area contributed by atoms with Crippen LogP contribution in [0.25, 0.3) is 5.76 Å². The standard InChI is InChI=1S/C23H16N2O2/c26-22-19-11-4-5-12-20(19)23(27)21(22)15-25-18-10-6-9-17(13-18)24-14-16-7-2-1-3-8-16/h1-15,26H. The van der Waals surface area contributed by atoms with E-state index >= 15 is 0 Å². The lowest BCUT2D eigenvalue weighted by molar-refractivity contribution is 0.104. The first-order valence-electron chi connectivity index (χ1n) is 8.53. The van der Waals surface area contributed by atoms with Crippen molar-refractivity contribution in [2.45, 2.75) is 0 Å². The molecule has 4 rings (SSSR count). The molecule has 27 heavy (non-hydrogen) atoms. The van der Waals surface area contributed by atoms with Crippen LogP contribution in [-0.2, 0) is 0 Å². The first-order chi connectivity index (χ1) is 13.2. The maximum Gasteiger partial charge on any atom is 0.199 e. The molecule has 0 aliphatic heterocycles. The lowest BCUT2D eigenvalue weighted by Crippen LogP contribution is -1.99. The van der Waals surface area contributed by atoms with Gasteiger partial charge in [0.2, 0.25) is 0 Å². The van der Waals surface area contributed by atoms with Crippen molar-refractivity contribution in [3.05, 3.63) is 101 Å². The Balaban J connectivity index is 1.56. The molecule has 0 spiro atoms. The van der Waals surface area contributed by atoms with Gasteiger partial charge in [-0.05, 0) is 23.8 Å². The van der Waals surface area contributed by atoms with Gasteiger partial charge in [-0.25, -0.2) is 0 Å². The molecule has 0 heterocycles. The number of carbonyl (C=O) groups excluding carboxylic acids is 1. The number of Topliss-reactive ketones (excluding diaryl/α,β-unsaturated/α-hetero) is 1. The first-order valence-corrected chi connectivity index (χ1v) is 8.53. The Hall–Kier alpha value is -3.79. The SMILES string of the molecule is O=C1C(C=Nc2cccc(N=Cc3ccccc3)c2)=C(O)c2ccccc21. The molecule has 1 aliphatic rings. The second-order valence-electron chi connectivity index (χ2n) is 6.08. The van der Waals surface area contributed by atoms with Crippen LogP contribution in [-0.4, -0.2) is 23.3 Å². The van der Waals surface area contributed by atoms with Crippen molar-refractivity contribution < 1.29 is 9.90 Å². The van der Waals surface area contributed by atoms with Crippen molar-refractivity contribution in [3.63, 3.8) is 0 Å². The summed E-state index contributed by atoms with van der Waals surface area (Å²) in [5.41, 5.74) is 3.67. The smallest absolute Gasteiger partial charge is 0.199 e. The normalized spacial score (nSPS) is 13.7. The van der Waals surface area contributed by atoms with Crippen LogP contribution in [0.2, 0.25) is 0 Å². The number of carbonyl (C=O) groups is 1. The van der Waals surface area contributed by atoms with E-state index in [9.17, 15) is 9.90 Å². The number of aliphatic hydroxyl groups excluding tert-OH is 1. The van der Waals surface area contributed by atoms with Crippen molar-refractivity contribution in [1.29, 1.82) is 0 Å². The van der Waals surface area contributed by atoms with Crippen LogP contribution in [0.5, 0.6) is 0 Å². The van der Waals surface area contributed by atoms with Gasteiger partial charge < -0.3 is 5.11 Å². The average Bonchev–Trinajstić information content (AvgIpc) is 2.96. The van der Waals surface area contributed by atoms with Gasteiger partial charge in [0.25, 0.3) is 0 Å². The molecule has 0 unspecified atom stereocenters. The minimum atomic E-state index is -0.217. The highest BCUT2D eigenvalue weighted by Gasteiger charge is 2.27. The zero-order valence-corrected chi connectivity index (χ0v) is 14.4. The number of aliphatic imine (C=N–C) groups is 2. The van der Waals surface area contributed by atoms with Crippen LogP contribution in [0.4, 0.5) is 11.4 Å². The van der Waals surface area contributed by atoms with Crippen molar-refractivity contribution in [3.8, 4) is 0 Å². The fraction of sp³-hybridized carbons (Fsp3) is 0. The van der Waals surface area contributed by atoms with Crippen LogP contribution >= 0.6 is 0 Å². The van der Waals surface area contributed by atoms with E-state index in [2.05, 4.69) is 9.98 Å². The quantitative estimate of drug-likeness (QED) is 0.647. The van der Waals surface area contributed by atoms with Gasteiger partial charge in [-0.1, -0.05) is 60.7 Å². The van der Waals surface area contributed by atoms with Crippen LogP contribution in [0.15, 0.2) is 94.4 Å². The van der Waals surface area contributed by atoms with E-state index in [1.807, 2.05) is 54.6 Å². The Morgan fingerprint density at radius 3 is 2.04 bits per heavy atom. The predicted octanol–water partition coefficient (Wildman–Crippen LogP) is 5.31. The Bertz CT molecular complexity index is 1100. The molecule has 4 heteroatoms. The minimum absolute atomic E-state index is 0.0300. The number of ketones is 1. The van der Waals surface area contributed by atoms with Gasteiger partial charge in [0.1, 0.15) is 5.76 Å². The van der Waals surface area contributed by atoms with E-state index in [0.717, 1.165) is 11.3 Å². The fourth-order valence-corrected chi connectivity index (χ4v) is 2.89. The monoisotopic (exact) mass is 352 g/mol. The molecule has 0 fully saturated rings. The van der Waals surface area contributed by atoms with Gasteiger partial charge in [-0.15, -0.1) is 0 Å². The molecular formula is C23H16N2O2. The van der Waals surface area contributed by atoms with E-state index in [-0.39, 0.29) is 17.1 Å². The third-order valence-corrected chi connectivity index (χ3v) is 4.26. The second-order valence-corrected chi connectivity index (χ2v) is 6.08. The molecule has 0 saturated heterocycles. The molecule has 0 amide bonds. The molecule has 130 valence electrons. The molecule has 1 aliphatic carbocycles. The summed E-state index contributed by atoms with van der Waals surface area (Å²) in [6.07, 6.45) is 3.20. The third-order valence-electron chi connectivity index (χ3n) is 4.26. The van der Waals surface area contributed by atoms with Crippen molar-refractivity contribution in [2.24, 2.45) is 9.98 Å². The van der Waals surface area contributed by atoms with Crippen LogP contribution in [0, 0.1) is 0 Å². The number of fused-ring (bicyclic) bond motifs is 1. The number of rotatable bonds is 4.